The SMILES string of the molecule is CCOc1cc(CN2CC3(CC(N4CCC(C)(C(=O)O)CC4)=NO3)C2)cc(OCC)c1-c1ccc(C)s1. The van der Waals surface area contributed by atoms with Crippen LogP contribution in [0, 0.1) is 12.3 Å². The fraction of sp³-hybridized carbons (Fsp3) is 0.571. The third-order valence-corrected chi connectivity index (χ3v) is 8.73. The van der Waals surface area contributed by atoms with E-state index in [1.54, 1.807) is 11.3 Å². The molecule has 0 amide bonds. The lowest BCUT2D eigenvalue weighted by Crippen LogP contribution is -2.61. The van der Waals surface area contributed by atoms with Gasteiger partial charge >= 0.3 is 5.97 Å². The summed E-state index contributed by atoms with van der Waals surface area (Å²) in [6, 6.07) is 8.56. The fourth-order valence-electron chi connectivity index (χ4n) is 5.54. The van der Waals surface area contributed by atoms with Gasteiger partial charge < -0.3 is 24.3 Å². The number of aliphatic carboxylic acids is 1. The lowest BCUT2D eigenvalue weighted by Gasteiger charge is -2.45. The zero-order chi connectivity index (χ0) is 26.2. The van der Waals surface area contributed by atoms with Gasteiger partial charge in [-0.25, -0.2) is 0 Å². The molecule has 3 aliphatic rings. The van der Waals surface area contributed by atoms with Gasteiger partial charge in [0.2, 0.25) is 0 Å². The van der Waals surface area contributed by atoms with Crippen molar-refractivity contribution in [1.82, 2.24) is 9.80 Å². The van der Waals surface area contributed by atoms with Crippen LogP contribution in [0.1, 0.15) is 50.5 Å². The smallest absolute Gasteiger partial charge is 0.309 e. The molecule has 1 spiro atoms. The summed E-state index contributed by atoms with van der Waals surface area (Å²) >= 11 is 1.75. The summed E-state index contributed by atoms with van der Waals surface area (Å²) in [5.74, 6) is 1.98. The predicted octanol–water partition coefficient (Wildman–Crippen LogP) is 5.00. The number of carboxylic acids is 1. The Morgan fingerprint density at radius 3 is 2.32 bits per heavy atom. The Balaban J connectivity index is 1.23. The third-order valence-electron chi connectivity index (χ3n) is 7.72. The Kier molecular flexibility index (Phi) is 7.11. The molecule has 0 aliphatic carbocycles. The number of oxime groups is 1. The van der Waals surface area contributed by atoms with Gasteiger partial charge in [0.15, 0.2) is 5.60 Å². The van der Waals surface area contributed by atoms with Gasteiger partial charge in [-0.2, -0.15) is 0 Å². The first-order valence-electron chi connectivity index (χ1n) is 13.2. The van der Waals surface area contributed by atoms with Crippen LogP contribution in [-0.2, 0) is 16.2 Å². The van der Waals surface area contributed by atoms with E-state index >= 15 is 0 Å². The third kappa shape index (κ3) is 5.16. The maximum absolute atomic E-state index is 11.6. The van der Waals surface area contributed by atoms with E-state index in [4.69, 9.17) is 14.3 Å². The van der Waals surface area contributed by atoms with Crippen molar-refractivity contribution in [3.63, 3.8) is 0 Å². The number of piperidine rings is 1. The van der Waals surface area contributed by atoms with Crippen LogP contribution in [-0.4, -0.2) is 71.7 Å². The Morgan fingerprint density at radius 2 is 1.78 bits per heavy atom. The van der Waals surface area contributed by atoms with Crippen LogP contribution in [0.2, 0.25) is 0 Å². The molecule has 1 aromatic heterocycles. The lowest BCUT2D eigenvalue weighted by molar-refractivity contribution is -0.150. The van der Waals surface area contributed by atoms with Crippen molar-refractivity contribution in [1.29, 1.82) is 0 Å². The number of aryl methyl sites for hydroxylation is 1. The molecule has 0 saturated carbocycles. The zero-order valence-corrected chi connectivity index (χ0v) is 23.0. The largest absolute Gasteiger partial charge is 0.493 e. The molecule has 5 rings (SSSR count). The van der Waals surface area contributed by atoms with Crippen molar-refractivity contribution in [3.8, 4) is 21.9 Å². The number of thiophene rings is 1. The maximum atomic E-state index is 11.6. The normalized spacial score (nSPS) is 20.3. The number of amidine groups is 1. The number of rotatable bonds is 8. The van der Waals surface area contributed by atoms with Crippen LogP contribution in [0.25, 0.3) is 10.4 Å². The van der Waals surface area contributed by atoms with E-state index in [-0.39, 0.29) is 5.60 Å². The fourth-order valence-corrected chi connectivity index (χ4v) is 6.46. The van der Waals surface area contributed by atoms with E-state index < -0.39 is 11.4 Å². The summed E-state index contributed by atoms with van der Waals surface area (Å²) in [5.41, 5.74) is 1.27. The second-order valence-corrected chi connectivity index (χ2v) is 12.0. The molecule has 3 aliphatic heterocycles. The van der Waals surface area contributed by atoms with E-state index in [1.807, 2.05) is 20.8 Å². The molecule has 200 valence electrons. The van der Waals surface area contributed by atoms with Gasteiger partial charge in [-0.05, 0) is 70.4 Å². The highest BCUT2D eigenvalue weighted by atomic mass is 32.1. The first-order valence-corrected chi connectivity index (χ1v) is 14.0. The summed E-state index contributed by atoms with van der Waals surface area (Å²) in [7, 11) is 0. The maximum Gasteiger partial charge on any atom is 0.309 e. The minimum atomic E-state index is -0.707. The topological polar surface area (TPSA) is 83.8 Å². The van der Waals surface area contributed by atoms with Gasteiger partial charge in [0.25, 0.3) is 0 Å². The highest BCUT2D eigenvalue weighted by molar-refractivity contribution is 7.15. The highest BCUT2D eigenvalue weighted by Gasteiger charge is 2.51. The molecule has 37 heavy (non-hydrogen) atoms. The van der Waals surface area contributed by atoms with Crippen LogP contribution >= 0.6 is 11.3 Å². The number of nitrogens with zero attached hydrogens (tertiary/aromatic N) is 3. The number of hydrogen-bond donors (Lipinski definition) is 1. The summed E-state index contributed by atoms with van der Waals surface area (Å²) in [5, 5.41) is 13.9. The van der Waals surface area contributed by atoms with Crippen molar-refractivity contribution in [2.75, 3.05) is 39.4 Å². The molecule has 0 radical (unpaired) electrons. The van der Waals surface area contributed by atoms with Gasteiger partial charge in [-0.15, -0.1) is 11.3 Å². The van der Waals surface area contributed by atoms with E-state index in [2.05, 4.69) is 46.1 Å². The molecular weight excluding hydrogens is 490 g/mol. The monoisotopic (exact) mass is 527 g/mol. The van der Waals surface area contributed by atoms with Crippen LogP contribution < -0.4 is 9.47 Å². The molecule has 2 fully saturated rings. The number of benzene rings is 1. The number of hydrogen-bond acceptors (Lipinski definition) is 8. The summed E-state index contributed by atoms with van der Waals surface area (Å²) < 4.78 is 12.2. The summed E-state index contributed by atoms with van der Waals surface area (Å²) in [6.45, 7) is 13.0. The van der Waals surface area contributed by atoms with Crippen LogP contribution in [0.15, 0.2) is 29.4 Å². The van der Waals surface area contributed by atoms with E-state index in [9.17, 15) is 9.90 Å². The van der Waals surface area contributed by atoms with Crippen LogP contribution in [0.5, 0.6) is 11.5 Å². The Hall–Kier alpha value is -2.78. The predicted molar refractivity (Wildman–Crippen MR) is 145 cm³/mol. The van der Waals surface area contributed by atoms with E-state index in [1.165, 1.54) is 4.88 Å². The number of likely N-dealkylation sites (tertiary alicyclic amines) is 2. The average Bonchev–Trinajstić information content (AvgIpc) is 3.47. The molecule has 4 heterocycles. The number of carbonyl (C=O) groups is 1. The van der Waals surface area contributed by atoms with Gasteiger partial charge in [0.1, 0.15) is 17.3 Å². The first kappa shape index (κ1) is 25.9. The Bertz CT molecular complexity index is 1150. The average molecular weight is 528 g/mol. The van der Waals surface area contributed by atoms with Crippen LogP contribution in [0.4, 0.5) is 0 Å². The lowest BCUT2D eigenvalue weighted by atomic mass is 9.80. The van der Waals surface area contributed by atoms with Gasteiger partial charge in [-0.3, -0.25) is 9.69 Å². The van der Waals surface area contributed by atoms with E-state index in [0.717, 1.165) is 59.4 Å². The number of ether oxygens (including phenoxy) is 2. The van der Waals surface area contributed by atoms with Gasteiger partial charge in [0.05, 0.1) is 30.6 Å². The first-order chi connectivity index (χ1) is 17.7. The second-order valence-electron chi connectivity index (χ2n) is 10.7. The molecule has 1 N–H and O–H groups in total. The zero-order valence-electron chi connectivity index (χ0n) is 22.2. The number of carboxylic acid groups (broad SMARTS) is 1. The van der Waals surface area contributed by atoms with Crippen molar-refractivity contribution in [2.45, 2.75) is 59.1 Å². The second kappa shape index (κ2) is 10.2. The van der Waals surface area contributed by atoms with Crippen molar-refractivity contribution >= 4 is 23.1 Å². The molecule has 1 aromatic carbocycles. The Morgan fingerprint density at radius 1 is 1.14 bits per heavy atom. The standard InChI is InChI=1S/C28H37N3O5S/c1-5-34-21-13-20(14-22(35-6-2)25(21)23-8-7-19(3)37-23)16-30-17-28(18-30)15-24(29-36-28)31-11-9-27(4,10-12-31)26(32)33/h7-8,13-14H,5-6,9-12,15-18H2,1-4H3,(H,32,33). The quantitative estimate of drug-likeness (QED) is 0.517. The van der Waals surface area contributed by atoms with Crippen molar-refractivity contribution in [3.05, 3.63) is 34.7 Å². The van der Waals surface area contributed by atoms with Gasteiger partial charge in [-0.1, -0.05) is 5.16 Å². The molecule has 0 atom stereocenters. The van der Waals surface area contributed by atoms with Crippen molar-refractivity contribution < 1.29 is 24.2 Å². The minimum Gasteiger partial charge on any atom is -0.493 e. The molecular formula is C28H37N3O5S. The molecule has 8 nitrogen and oxygen atoms in total. The summed E-state index contributed by atoms with van der Waals surface area (Å²) in [6.07, 6.45) is 2.04. The molecule has 2 saturated heterocycles. The molecule has 2 aromatic rings. The molecule has 0 unspecified atom stereocenters. The summed E-state index contributed by atoms with van der Waals surface area (Å²) in [4.78, 5) is 24.5. The molecule has 9 heteroatoms. The minimum absolute atomic E-state index is 0.275. The van der Waals surface area contributed by atoms with Gasteiger partial charge in [0, 0.05) is 42.5 Å². The highest BCUT2D eigenvalue weighted by Crippen LogP contribution is 2.44. The Labute approximate surface area is 222 Å². The molecule has 0 bridgehead atoms. The van der Waals surface area contributed by atoms with E-state index in [0.29, 0.717) is 39.1 Å². The van der Waals surface area contributed by atoms with Crippen LogP contribution in [0.3, 0.4) is 0 Å². The van der Waals surface area contributed by atoms with Crippen molar-refractivity contribution in [2.24, 2.45) is 10.6 Å².